The van der Waals surface area contributed by atoms with Crippen molar-refractivity contribution >= 4 is 5.96 Å². The zero-order chi connectivity index (χ0) is 8.97. The molecule has 0 bridgehead atoms. The number of hydrogen-bond acceptors (Lipinski definition) is 1. The molecule has 12 heavy (non-hydrogen) atoms. The lowest BCUT2D eigenvalue weighted by Gasteiger charge is -2.33. The second kappa shape index (κ2) is 4.33. The highest BCUT2D eigenvalue weighted by atomic mass is 15.2. The van der Waals surface area contributed by atoms with Crippen molar-refractivity contribution in [3.05, 3.63) is 0 Å². The topological polar surface area (TPSA) is 53.1 Å². The summed E-state index contributed by atoms with van der Waals surface area (Å²) in [5, 5.41) is 7.39. The van der Waals surface area contributed by atoms with Crippen molar-refractivity contribution < 1.29 is 0 Å². The fourth-order valence-electron chi connectivity index (χ4n) is 2.02. The van der Waals surface area contributed by atoms with Crippen LogP contribution in [0.3, 0.4) is 0 Å². The quantitative estimate of drug-likeness (QED) is 0.486. The molecule has 70 valence electrons. The number of nitrogens with two attached hydrogens (primary N) is 1. The van der Waals surface area contributed by atoms with Crippen LogP contribution in [-0.4, -0.2) is 23.4 Å². The normalized spacial score (nSPS) is 19.1. The molecule has 0 atom stereocenters. The molecule has 0 amide bonds. The summed E-state index contributed by atoms with van der Waals surface area (Å²) >= 11 is 0. The van der Waals surface area contributed by atoms with Crippen LogP contribution in [0.5, 0.6) is 0 Å². The van der Waals surface area contributed by atoms with Gasteiger partial charge in [-0.25, -0.2) is 0 Å². The van der Waals surface area contributed by atoms with E-state index in [0.717, 1.165) is 6.54 Å². The molecule has 0 saturated heterocycles. The first-order valence-corrected chi connectivity index (χ1v) is 4.86. The molecule has 0 aromatic carbocycles. The van der Waals surface area contributed by atoms with Gasteiger partial charge in [0.2, 0.25) is 0 Å². The van der Waals surface area contributed by atoms with Gasteiger partial charge in [0.25, 0.3) is 0 Å². The molecule has 1 aliphatic rings. The Hall–Kier alpha value is -0.730. The van der Waals surface area contributed by atoms with Crippen molar-refractivity contribution in [1.29, 1.82) is 5.41 Å². The monoisotopic (exact) mass is 169 g/mol. The van der Waals surface area contributed by atoms with E-state index in [1.807, 2.05) is 4.90 Å². The van der Waals surface area contributed by atoms with Gasteiger partial charge in [0.15, 0.2) is 5.96 Å². The van der Waals surface area contributed by atoms with Gasteiger partial charge in [-0.3, -0.25) is 5.41 Å². The molecule has 3 heteroatoms. The molecule has 1 aliphatic carbocycles. The van der Waals surface area contributed by atoms with Crippen molar-refractivity contribution in [2.45, 2.75) is 45.1 Å². The SMILES string of the molecule is CCN(C(=N)N)C1CCCCC1. The second-order valence-corrected chi connectivity index (χ2v) is 3.46. The molecule has 0 radical (unpaired) electrons. The number of nitrogens with zero attached hydrogens (tertiary/aromatic N) is 1. The molecule has 0 unspecified atom stereocenters. The molecule has 3 N–H and O–H groups in total. The maximum atomic E-state index is 7.39. The van der Waals surface area contributed by atoms with E-state index in [0.29, 0.717) is 6.04 Å². The Morgan fingerprint density at radius 2 is 2.00 bits per heavy atom. The molecule has 1 rings (SSSR count). The van der Waals surface area contributed by atoms with Crippen LogP contribution >= 0.6 is 0 Å². The van der Waals surface area contributed by atoms with E-state index in [1.165, 1.54) is 32.1 Å². The molecule has 1 saturated carbocycles. The van der Waals surface area contributed by atoms with Crippen LogP contribution in [-0.2, 0) is 0 Å². The molecular formula is C9H19N3. The highest BCUT2D eigenvalue weighted by molar-refractivity contribution is 5.74. The molecule has 0 heterocycles. The molecule has 0 aliphatic heterocycles. The Morgan fingerprint density at radius 3 is 2.42 bits per heavy atom. The van der Waals surface area contributed by atoms with Crippen molar-refractivity contribution in [3.63, 3.8) is 0 Å². The van der Waals surface area contributed by atoms with Crippen LogP contribution in [0.4, 0.5) is 0 Å². The number of nitrogens with one attached hydrogen (secondary N) is 1. The third-order valence-electron chi connectivity index (χ3n) is 2.67. The smallest absolute Gasteiger partial charge is 0.188 e. The van der Waals surface area contributed by atoms with E-state index in [9.17, 15) is 0 Å². The minimum absolute atomic E-state index is 0.240. The molecule has 0 aromatic rings. The van der Waals surface area contributed by atoms with Crippen molar-refractivity contribution in [2.24, 2.45) is 5.73 Å². The maximum Gasteiger partial charge on any atom is 0.188 e. The zero-order valence-electron chi connectivity index (χ0n) is 7.84. The van der Waals surface area contributed by atoms with Gasteiger partial charge in [0.05, 0.1) is 0 Å². The van der Waals surface area contributed by atoms with Crippen molar-refractivity contribution in [1.82, 2.24) is 4.90 Å². The van der Waals surface area contributed by atoms with E-state index in [4.69, 9.17) is 11.1 Å². The van der Waals surface area contributed by atoms with E-state index in [1.54, 1.807) is 0 Å². The fraction of sp³-hybridized carbons (Fsp3) is 0.889. The lowest BCUT2D eigenvalue weighted by atomic mass is 9.94. The average molecular weight is 169 g/mol. The molecular weight excluding hydrogens is 150 g/mol. The predicted molar refractivity (Wildman–Crippen MR) is 51.2 cm³/mol. The van der Waals surface area contributed by atoms with Crippen LogP contribution in [0.25, 0.3) is 0 Å². The lowest BCUT2D eigenvalue weighted by molar-refractivity contribution is 0.248. The van der Waals surface area contributed by atoms with E-state index in [-0.39, 0.29) is 5.96 Å². The van der Waals surface area contributed by atoms with E-state index in [2.05, 4.69) is 6.92 Å². The average Bonchev–Trinajstić information content (AvgIpc) is 2.07. The van der Waals surface area contributed by atoms with Crippen molar-refractivity contribution in [3.8, 4) is 0 Å². The molecule has 0 aromatic heterocycles. The Labute approximate surface area is 74.4 Å². The predicted octanol–water partition coefficient (Wildman–Crippen LogP) is 1.53. The summed E-state index contributed by atoms with van der Waals surface area (Å²) in [5.41, 5.74) is 5.49. The van der Waals surface area contributed by atoms with Crippen LogP contribution in [0.2, 0.25) is 0 Å². The minimum atomic E-state index is 0.240. The standard InChI is InChI=1S/C9H19N3/c1-2-12(9(10)11)8-6-4-3-5-7-8/h8H,2-7H2,1H3,(H3,10,11). The molecule has 3 nitrogen and oxygen atoms in total. The van der Waals surface area contributed by atoms with Gasteiger partial charge in [-0.2, -0.15) is 0 Å². The van der Waals surface area contributed by atoms with Crippen LogP contribution in [0, 0.1) is 5.41 Å². The van der Waals surface area contributed by atoms with Gasteiger partial charge in [0, 0.05) is 12.6 Å². The van der Waals surface area contributed by atoms with Gasteiger partial charge in [-0.15, -0.1) is 0 Å². The number of guanidine groups is 1. The summed E-state index contributed by atoms with van der Waals surface area (Å²) in [6.45, 7) is 2.94. The lowest BCUT2D eigenvalue weighted by Crippen LogP contribution is -2.44. The maximum absolute atomic E-state index is 7.39. The summed E-state index contributed by atoms with van der Waals surface area (Å²) in [4.78, 5) is 2.01. The van der Waals surface area contributed by atoms with E-state index >= 15 is 0 Å². The van der Waals surface area contributed by atoms with Crippen LogP contribution in [0.1, 0.15) is 39.0 Å². The molecule has 1 fully saturated rings. The summed E-state index contributed by atoms with van der Waals surface area (Å²) in [5.74, 6) is 0.240. The van der Waals surface area contributed by atoms with Gasteiger partial charge < -0.3 is 10.6 Å². The summed E-state index contributed by atoms with van der Waals surface area (Å²) in [6, 6.07) is 0.543. The molecule has 0 spiro atoms. The van der Waals surface area contributed by atoms with Gasteiger partial charge in [0.1, 0.15) is 0 Å². The summed E-state index contributed by atoms with van der Waals surface area (Å²) in [6.07, 6.45) is 6.38. The highest BCUT2D eigenvalue weighted by Crippen LogP contribution is 2.21. The Bertz CT molecular complexity index is 150. The first-order chi connectivity index (χ1) is 5.75. The largest absolute Gasteiger partial charge is 0.370 e. The first-order valence-electron chi connectivity index (χ1n) is 4.86. The Morgan fingerprint density at radius 1 is 1.42 bits per heavy atom. The van der Waals surface area contributed by atoms with Gasteiger partial charge in [-0.05, 0) is 19.8 Å². The third-order valence-corrected chi connectivity index (χ3v) is 2.67. The van der Waals surface area contributed by atoms with E-state index < -0.39 is 0 Å². The highest BCUT2D eigenvalue weighted by Gasteiger charge is 2.20. The zero-order valence-corrected chi connectivity index (χ0v) is 7.84. The second-order valence-electron chi connectivity index (χ2n) is 3.46. The minimum Gasteiger partial charge on any atom is -0.370 e. The number of hydrogen-bond donors (Lipinski definition) is 2. The third kappa shape index (κ3) is 2.13. The van der Waals surface area contributed by atoms with Crippen LogP contribution < -0.4 is 5.73 Å². The first kappa shape index (κ1) is 9.36. The van der Waals surface area contributed by atoms with Gasteiger partial charge in [-0.1, -0.05) is 19.3 Å². The fourth-order valence-corrected chi connectivity index (χ4v) is 2.02. The summed E-state index contributed by atoms with van der Waals surface area (Å²) in [7, 11) is 0. The summed E-state index contributed by atoms with van der Waals surface area (Å²) < 4.78 is 0. The van der Waals surface area contributed by atoms with Gasteiger partial charge >= 0.3 is 0 Å². The number of rotatable bonds is 2. The Kier molecular flexibility index (Phi) is 3.38. The Balaban J connectivity index is 2.46. The van der Waals surface area contributed by atoms with Crippen molar-refractivity contribution in [2.75, 3.05) is 6.54 Å². The van der Waals surface area contributed by atoms with Crippen LogP contribution in [0.15, 0.2) is 0 Å².